The molecule has 4 nitrogen and oxygen atoms in total. The summed E-state index contributed by atoms with van der Waals surface area (Å²) in [4.78, 5) is 18.1. The molecule has 180 valence electrons. The van der Waals surface area contributed by atoms with Gasteiger partial charge < -0.3 is 0 Å². The summed E-state index contributed by atoms with van der Waals surface area (Å²) < 4.78 is 41.5. The number of benzene rings is 5. The zero-order valence-electron chi connectivity index (χ0n) is 19.3. The molecule has 7 heteroatoms. The maximum Gasteiger partial charge on any atom is 0.416 e. The molecule has 0 atom stereocenters. The fourth-order valence-electron chi connectivity index (χ4n) is 4.56. The Kier molecular flexibility index (Phi) is 5.34. The Balaban J connectivity index is 1.63. The highest BCUT2D eigenvalue weighted by Crippen LogP contribution is 2.32. The lowest BCUT2D eigenvalue weighted by Gasteiger charge is -2.12. The Morgan fingerprint density at radius 2 is 1.35 bits per heavy atom. The maximum absolute atomic E-state index is 13.5. The van der Waals surface area contributed by atoms with Gasteiger partial charge in [0.2, 0.25) is 0 Å². The molecule has 0 radical (unpaired) electrons. The number of halogens is 3. The van der Waals surface area contributed by atoms with Crippen LogP contribution in [0.1, 0.15) is 11.1 Å². The Hall–Kier alpha value is -4.78. The van der Waals surface area contributed by atoms with Crippen LogP contribution in [0.3, 0.4) is 0 Å². The van der Waals surface area contributed by atoms with Crippen LogP contribution in [0.25, 0.3) is 43.8 Å². The fourth-order valence-corrected chi connectivity index (χ4v) is 4.56. The van der Waals surface area contributed by atoms with Crippen molar-refractivity contribution < 1.29 is 13.2 Å². The van der Waals surface area contributed by atoms with Gasteiger partial charge in [0.1, 0.15) is 0 Å². The molecule has 0 saturated carbocycles. The summed E-state index contributed by atoms with van der Waals surface area (Å²) in [5.74, 6) is 0.0237. The van der Waals surface area contributed by atoms with Crippen molar-refractivity contribution in [3.63, 3.8) is 0 Å². The molecule has 0 spiro atoms. The molecule has 0 unspecified atom stereocenters. The first-order valence-corrected chi connectivity index (χ1v) is 11.5. The summed E-state index contributed by atoms with van der Waals surface area (Å²) >= 11 is 0. The van der Waals surface area contributed by atoms with Crippen LogP contribution >= 0.6 is 0 Å². The number of alkyl halides is 3. The van der Waals surface area contributed by atoms with Crippen LogP contribution in [0.15, 0.2) is 113 Å². The second kappa shape index (κ2) is 8.71. The summed E-state index contributed by atoms with van der Waals surface area (Å²) in [6.07, 6.45) is -2.96. The first kappa shape index (κ1) is 22.7. The molecule has 6 rings (SSSR count). The standard InChI is InChI=1S/C30H18F3N3O/c31-30(32,33)22-11-7-10-21(17-22)28-35-27-15-6-5-14-25(27)29(37)36(28)34-18-26-23-12-3-1-8-19(23)16-20-9-2-4-13-24(20)26/h1-18H. The van der Waals surface area contributed by atoms with Crippen molar-refractivity contribution in [3.05, 3.63) is 125 Å². The van der Waals surface area contributed by atoms with Gasteiger partial charge in [0.15, 0.2) is 5.82 Å². The van der Waals surface area contributed by atoms with Gasteiger partial charge in [0.25, 0.3) is 5.56 Å². The average Bonchev–Trinajstić information content (AvgIpc) is 2.91. The Labute approximate surface area is 208 Å². The SMILES string of the molecule is O=c1c2ccccc2nc(-c2cccc(C(F)(F)F)c2)n1N=Cc1c2ccccc2cc2ccccc12. The molecule has 0 amide bonds. The van der Waals surface area contributed by atoms with E-state index in [1.807, 2.05) is 48.5 Å². The maximum atomic E-state index is 13.5. The molecule has 0 bridgehead atoms. The van der Waals surface area contributed by atoms with Crippen molar-refractivity contribution in [1.29, 1.82) is 0 Å². The van der Waals surface area contributed by atoms with E-state index in [1.54, 1.807) is 30.5 Å². The first-order valence-electron chi connectivity index (χ1n) is 11.5. The Bertz CT molecular complexity index is 1850. The molecule has 0 saturated heterocycles. The molecule has 1 heterocycles. The smallest absolute Gasteiger partial charge is 0.267 e. The molecule has 0 aliphatic carbocycles. The van der Waals surface area contributed by atoms with Gasteiger partial charge in [-0.25, -0.2) is 4.98 Å². The number of hydrogen-bond acceptors (Lipinski definition) is 3. The van der Waals surface area contributed by atoms with E-state index in [-0.39, 0.29) is 11.4 Å². The van der Waals surface area contributed by atoms with Gasteiger partial charge in [-0.3, -0.25) is 4.79 Å². The van der Waals surface area contributed by atoms with E-state index in [1.165, 1.54) is 12.1 Å². The summed E-state index contributed by atoms with van der Waals surface area (Å²) in [6.45, 7) is 0. The second-order valence-corrected chi connectivity index (χ2v) is 8.63. The summed E-state index contributed by atoms with van der Waals surface area (Å²) in [5, 5.41) is 8.73. The second-order valence-electron chi connectivity index (χ2n) is 8.63. The molecule has 0 aliphatic rings. The summed E-state index contributed by atoms with van der Waals surface area (Å²) in [7, 11) is 0. The number of rotatable bonds is 3. The molecule has 37 heavy (non-hydrogen) atoms. The molecular weight excluding hydrogens is 475 g/mol. The highest BCUT2D eigenvalue weighted by atomic mass is 19.4. The number of nitrogens with zero attached hydrogens (tertiary/aromatic N) is 3. The Morgan fingerprint density at radius 3 is 2.03 bits per heavy atom. The highest BCUT2D eigenvalue weighted by Gasteiger charge is 2.31. The van der Waals surface area contributed by atoms with E-state index in [0.29, 0.717) is 10.9 Å². The van der Waals surface area contributed by atoms with Gasteiger partial charge in [0, 0.05) is 11.1 Å². The molecular formula is C30H18F3N3O. The molecule has 1 aromatic heterocycles. The monoisotopic (exact) mass is 493 g/mol. The third-order valence-corrected chi connectivity index (χ3v) is 6.32. The number of aromatic nitrogens is 2. The van der Waals surface area contributed by atoms with E-state index in [9.17, 15) is 18.0 Å². The minimum Gasteiger partial charge on any atom is -0.267 e. The molecule has 5 aromatic carbocycles. The fraction of sp³-hybridized carbons (Fsp3) is 0.0333. The van der Waals surface area contributed by atoms with Crippen LogP contribution in [-0.4, -0.2) is 15.9 Å². The van der Waals surface area contributed by atoms with E-state index < -0.39 is 17.3 Å². The van der Waals surface area contributed by atoms with Crippen molar-refractivity contribution >= 4 is 38.7 Å². The number of fused-ring (bicyclic) bond motifs is 3. The molecule has 0 N–H and O–H groups in total. The zero-order chi connectivity index (χ0) is 25.6. The van der Waals surface area contributed by atoms with Gasteiger partial charge in [-0.05, 0) is 51.9 Å². The van der Waals surface area contributed by atoms with E-state index in [4.69, 9.17) is 0 Å². The van der Waals surface area contributed by atoms with Crippen molar-refractivity contribution in [2.45, 2.75) is 6.18 Å². The summed E-state index contributed by atoms with van der Waals surface area (Å²) in [6, 6.07) is 29.2. The number of para-hydroxylation sites is 1. The minimum absolute atomic E-state index is 0.0237. The van der Waals surface area contributed by atoms with Crippen molar-refractivity contribution in [3.8, 4) is 11.4 Å². The molecule has 6 aromatic rings. The van der Waals surface area contributed by atoms with Crippen LogP contribution in [0, 0.1) is 0 Å². The molecule has 0 aliphatic heterocycles. The van der Waals surface area contributed by atoms with Gasteiger partial charge in [-0.15, -0.1) is 0 Å². The average molecular weight is 493 g/mol. The summed E-state index contributed by atoms with van der Waals surface area (Å²) in [5.41, 5.74) is 0.00474. The van der Waals surface area contributed by atoms with Crippen LogP contribution in [-0.2, 0) is 6.18 Å². The lowest BCUT2D eigenvalue weighted by atomic mass is 9.97. The largest absolute Gasteiger partial charge is 0.416 e. The van der Waals surface area contributed by atoms with Crippen LogP contribution in [0.5, 0.6) is 0 Å². The van der Waals surface area contributed by atoms with Gasteiger partial charge in [-0.2, -0.15) is 22.9 Å². The van der Waals surface area contributed by atoms with Crippen molar-refractivity contribution in [1.82, 2.24) is 9.66 Å². The Morgan fingerprint density at radius 1 is 0.730 bits per heavy atom. The first-order chi connectivity index (χ1) is 17.9. The van der Waals surface area contributed by atoms with Gasteiger partial charge in [0.05, 0.1) is 22.7 Å². The van der Waals surface area contributed by atoms with Crippen LogP contribution in [0.4, 0.5) is 13.2 Å². The van der Waals surface area contributed by atoms with E-state index in [2.05, 4.69) is 16.2 Å². The highest BCUT2D eigenvalue weighted by molar-refractivity contribution is 6.13. The molecule has 0 fully saturated rings. The third-order valence-electron chi connectivity index (χ3n) is 6.32. The lowest BCUT2D eigenvalue weighted by molar-refractivity contribution is -0.137. The normalized spacial score (nSPS) is 12.2. The van der Waals surface area contributed by atoms with Crippen molar-refractivity contribution in [2.75, 3.05) is 0 Å². The topological polar surface area (TPSA) is 47.2 Å². The van der Waals surface area contributed by atoms with Gasteiger partial charge in [-0.1, -0.05) is 72.8 Å². The predicted molar refractivity (Wildman–Crippen MR) is 141 cm³/mol. The minimum atomic E-state index is -4.54. The zero-order valence-corrected chi connectivity index (χ0v) is 19.3. The van der Waals surface area contributed by atoms with Gasteiger partial charge >= 0.3 is 6.18 Å². The quantitative estimate of drug-likeness (QED) is 0.192. The van der Waals surface area contributed by atoms with Crippen molar-refractivity contribution in [2.24, 2.45) is 5.10 Å². The van der Waals surface area contributed by atoms with E-state index in [0.717, 1.165) is 43.9 Å². The van der Waals surface area contributed by atoms with Crippen LogP contribution in [0.2, 0.25) is 0 Å². The third kappa shape index (κ3) is 4.04. The van der Waals surface area contributed by atoms with Crippen LogP contribution < -0.4 is 5.56 Å². The predicted octanol–water partition coefficient (Wildman–Crippen LogP) is 7.27. The lowest BCUT2D eigenvalue weighted by Crippen LogP contribution is -2.20. The van der Waals surface area contributed by atoms with E-state index >= 15 is 0 Å². The number of hydrogen-bond donors (Lipinski definition) is 0.